The zero-order valence-electron chi connectivity index (χ0n) is 11.1. The van der Waals surface area contributed by atoms with Gasteiger partial charge >= 0.3 is 0 Å². The Morgan fingerprint density at radius 1 is 1.24 bits per heavy atom. The van der Waals surface area contributed by atoms with Crippen LogP contribution in [-0.4, -0.2) is 19.2 Å². The fourth-order valence-electron chi connectivity index (χ4n) is 1.50. The molecular formula is C13H13ClFN3O2S. The lowest BCUT2D eigenvalue weighted by Gasteiger charge is -2.08. The van der Waals surface area contributed by atoms with Gasteiger partial charge in [-0.3, -0.25) is 4.72 Å². The fourth-order valence-corrected chi connectivity index (χ4v) is 2.31. The second-order valence-electron chi connectivity index (χ2n) is 4.19. The number of halogens is 2. The third kappa shape index (κ3) is 4.30. The number of pyridine rings is 1. The van der Waals surface area contributed by atoms with Crippen molar-refractivity contribution in [2.75, 3.05) is 15.8 Å². The molecule has 0 fully saturated rings. The first kappa shape index (κ1) is 15.5. The molecule has 0 unspecified atom stereocenters. The van der Waals surface area contributed by atoms with Crippen LogP contribution in [0, 0.1) is 5.82 Å². The molecule has 2 aromatic rings. The Hall–Kier alpha value is -1.86. The molecule has 21 heavy (non-hydrogen) atoms. The van der Waals surface area contributed by atoms with Crippen LogP contribution in [0.1, 0.15) is 6.92 Å². The van der Waals surface area contributed by atoms with Crippen molar-refractivity contribution in [2.24, 2.45) is 0 Å². The van der Waals surface area contributed by atoms with Crippen molar-refractivity contribution in [3.8, 4) is 0 Å². The summed E-state index contributed by atoms with van der Waals surface area (Å²) in [6, 6.07) is 7.38. The van der Waals surface area contributed by atoms with E-state index in [2.05, 4.69) is 15.0 Å². The van der Waals surface area contributed by atoms with E-state index in [9.17, 15) is 12.8 Å². The number of anilines is 3. The zero-order valence-corrected chi connectivity index (χ0v) is 12.7. The molecule has 2 N–H and O–H groups in total. The second kappa shape index (κ2) is 6.28. The van der Waals surface area contributed by atoms with Gasteiger partial charge in [0.1, 0.15) is 11.6 Å². The van der Waals surface area contributed by atoms with Crippen LogP contribution in [0.2, 0.25) is 5.02 Å². The van der Waals surface area contributed by atoms with Crippen molar-refractivity contribution in [3.63, 3.8) is 0 Å². The summed E-state index contributed by atoms with van der Waals surface area (Å²) in [5.74, 6) is -0.0298. The Bertz CT molecular complexity index is 736. The highest BCUT2D eigenvalue weighted by Crippen LogP contribution is 2.22. The second-order valence-corrected chi connectivity index (χ2v) is 6.61. The molecule has 112 valence electrons. The maximum absolute atomic E-state index is 13.0. The molecule has 2 rings (SSSR count). The predicted octanol–water partition coefficient (Wildman–Crippen LogP) is 3.38. The van der Waals surface area contributed by atoms with Crippen molar-refractivity contribution in [3.05, 3.63) is 47.4 Å². The standard InChI is InChI=1S/C13H13ClFN3O2S/c1-2-21(19,20)18-10-4-6-13(16-8-10)17-9-3-5-12(15)11(14)7-9/h3-8,18H,2H2,1H3,(H,16,17). The van der Waals surface area contributed by atoms with Gasteiger partial charge in [-0.1, -0.05) is 11.6 Å². The highest BCUT2D eigenvalue weighted by molar-refractivity contribution is 7.92. The lowest BCUT2D eigenvalue weighted by atomic mass is 10.3. The molecule has 0 radical (unpaired) electrons. The van der Waals surface area contributed by atoms with Gasteiger partial charge in [0.25, 0.3) is 0 Å². The lowest BCUT2D eigenvalue weighted by molar-refractivity contribution is 0.602. The maximum Gasteiger partial charge on any atom is 0.232 e. The van der Waals surface area contributed by atoms with Gasteiger partial charge in [0.15, 0.2) is 0 Å². The molecule has 8 heteroatoms. The molecule has 0 atom stereocenters. The molecular weight excluding hydrogens is 317 g/mol. The van der Waals surface area contributed by atoms with E-state index in [-0.39, 0.29) is 10.8 Å². The van der Waals surface area contributed by atoms with E-state index < -0.39 is 15.8 Å². The van der Waals surface area contributed by atoms with E-state index in [0.29, 0.717) is 17.2 Å². The molecule has 1 aromatic heterocycles. The third-order valence-electron chi connectivity index (χ3n) is 2.61. The van der Waals surface area contributed by atoms with Crippen molar-refractivity contribution >= 4 is 38.8 Å². The van der Waals surface area contributed by atoms with Gasteiger partial charge in [-0.05, 0) is 37.3 Å². The largest absolute Gasteiger partial charge is 0.340 e. The highest BCUT2D eigenvalue weighted by Gasteiger charge is 2.07. The number of hydrogen-bond acceptors (Lipinski definition) is 4. The molecule has 0 aliphatic carbocycles. The van der Waals surface area contributed by atoms with Crippen molar-refractivity contribution < 1.29 is 12.8 Å². The molecule has 5 nitrogen and oxygen atoms in total. The van der Waals surface area contributed by atoms with Gasteiger partial charge in [0, 0.05) is 5.69 Å². The van der Waals surface area contributed by atoms with E-state index in [1.54, 1.807) is 19.1 Å². The van der Waals surface area contributed by atoms with Gasteiger partial charge in [0.05, 0.1) is 22.7 Å². The van der Waals surface area contributed by atoms with Gasteiger partial charge in [-0.25, -0.2) is 17.8 Å². The minimum absolute atomic E-state index is 0.00678. The number of benzene rings is 1. The number of sulfonamides is 1. The minimum atomic E-state index is -3.32. The Balaban J connectivity index is 2.10. The Kier molecular flexibility index (Phi) is 4.64. The maximum atomic E-state index is 13.0. The van der Waals surface area contributed by atoms with Crippen LogP contribution in [0.4, 0.5) is 21.6 Å². The highest BCUT2D eigenvalue weighted by atomic mass is 35.5. The lowest BCUT2D eigenvalue weighted by Crippen LogP contribution is -2.14. The van der Waals surface area contributed by atoms with Crippen LogP contribution >= 0.6 is 11.6 Å². The first-order valence-electron chi connectivity index (χ1n) is 6.08. The molecule has 0 aliphatic heterocycles. The first-order valence-corrected chi connectivity index (χ1v) is 8.11. The summed E-state index contributed by atoms with van der Waals surface area (Å²) in [6.07, 6.45) is 1.39. The first-order chi connectivity index (χ1) is 9.89. The predicted molar refractivity (Wildman–Crippen MR) is 82.0 cm³/mol. The van der Waals surface area contributed by atoms with Gasteiger partial charge in [-0.15, -0.1) is 0 Å². The Labute approximate surface area is 127 Å². The van der Waals surface area contributed by atoms with E-state index in [0.717, 1.165) is 0 Å². The summed E-state index contributed by atoms with van der Waals surface area (Å²) in [4.78, 5) is 4.07. The van der Waals surface area contributed by atoms with Crippen LogP contribution in [0.15, 0.2) is 36.5 Å². The summed E-state index contributed by atoms with van der Waals surface area (Å²) in [5.41, 5.74) is 0.954. The SMILES string of the molecule is CCS(=O)(=O)Nc1ccc(Nc2ccc(F)c(Cl)c2)nc1. The number of hydrogen-bond donors (Lipinski definition) is 2. The van der Waals surface area contributed by atoms with Crippen LogP contribution < -0.4 is 10.0 Å². The van der Waals surface area contributed by atoms with Crippen LogP contribution in [-0.2, 0) is 10.0 Å². The average Bonchev–Trinajstić information content (AvgIpc) is 2.45. The number of aromatic nitrogens is 1. The van der Waals surface area contributed by atoms with Crippen LogP contribution in [0.3, 0.4) is 0 Å². The molecule has 0 aliphatic rings. The average molecular weight is 330 g/mol. The van der Waals surface area contributed by atoms with Gasteiger partial charge < -0.3 is 5.32 Å². The Morgan fingerprint density at radius 3 is 2.52 bits per heavy atom. The van der Waals surface area contributed by atoms with Gasteiger partial charge in [0.2, 0.25) is 10.0 Å². The minimum Gasteiger partial charge on any atom is -0.340 e. The number of rotatable bonds is 5. The summed E-state index contributed by atoms with van der Waals surface area (Å²) < 4.78 is 38.2. The topological polar surface area (TPSA) is 71.1 Å². The van der Waals surface area contributed by atoms with Crippen LogP contribution in [0.5, 0.6) is 0 Å². The Morgan fingerprint density at radius 2 is 1.95 bits per heavy atom. The van der Waals surface area contributed by atoms with Crippen molar-refractivity contribution in [1.82, 2.24) is 4.98 Å². The normalized spacial score (nSPS) is 11.2. The zero-order chi connectivity index (χ0) is 15.5. The molecule has 1 heterocycles. The monoisotopic (exact) mass is 329 g/mol. The molecule has 0 bridgehead atoms. The molecule has 0 saturated carbocycles. The van der Waals surface area contributed by atoms with E-state index >= 15 is 0 Å². The van der Waals surface area contributed by atoms with Gasteiger partial charge in [-0.2, -0.15) is 0 Å². The summed E-state index contributed by atoms with van der Waals surface area (Å²) in [5, 5.41) is 2.94. The molecule has 1 aromatic carbocycles. The van der Waals surface area contributed by atoms with E-state index in [4.69, 9.17) is 11.6 Å². The number of nitrogens with one attached hydrogen (secondary N) is 2. The smallest absolute Gasteiger partial charge is 0.232 e. The third-order valence-corrected chi connectivity index (χ3v) is 4.21. The van der Waals surface area contributed by atoms with E-state index in [1.807, 2.05) is 0 Å². The fraction of sp³-hybridized carbons (Fsp3) is 0.154. The molecule has 0 saturated heterocycles. The van der Waals surface area contributed by atoms with Crippen molar-refractivity contribution in [1.29, 1.82) is 0 Å². The summed E-state index contributed by atoms with van der Waals surface area (Å²) in [7, 11) is -3.32. The summed E-state index contributed by atoms with van der Waals surface area (Å²) >= 11 is 5.68. The molecule has 0 spiro atoms. The van der Waals surface area contributed by atoms with E-state index in [1.165, 1.54) is 24.4 Å². The quantitative estimate of drug-likeness (QED) is 0.882. The number of nitrogens with zero attached hydrogens (tertiary/aromatic N) is 1. The van der Waals surface area contributed by atoms with Crippen molar-refractivity contribution in [2.45, 2.75) is 6.92 Å². The summed E-state index contributed by atoms with van der Waals surface area (Å²) in [6.45, 7) is 1.55. The van der Waals surface area contributed by atoms with Crippen LogP contribution in [0.25, 0.3) is 0 Å². The molecule has 0 amide bonds.